The van der Waals surface area contributed by atoms with Gasteiger partial charge in [-0.15, -0.1) is 0 Å². The van der Waals surface area contributed by atoms with Crippen LogP contribution >= 0.6 is 0 Å². The van der Waals surface area contributed by atoms with Crippen molar-refractivity contribution >= 4 is 11.9 Å². The molecule has 6 heteroatoms. The Hall–Kier alpha value is -2.63. The Balaban J connectivity index is 2.16. The molecule has 26 heavy (non-hydrogen) atoms. The molecule has 2 rings (SSSR count). The maximum Gasteiger partial charge on any atom is 0.305 e. The van der Waals surface area contributed by atoms with Gasteiger partial charge in [-0.05, 0) is 56.0 Å². The number of benzene rings is 1. The van der Waals surface area contributed by atoms with E-state index in [-0.39, 0.29) is 11.9 Å². The van der Waals surface area contributed by atoms with Gasteiger partial charge in [-0.2, -0.15) is 5.10 Å². The fourth-order valence-corrected chi connectivity index (χ4v) is 2.77. The van der Waals surface area contributed by atoms with Crippen molar-refractivity contribution in [2.24, 2.45) is 5.92 Å². The number of ether oxygens (including phenoxy) is 1. The van der Waals surface area contributed by atoms with Crippen molar-refractivity contribution in [3.05, 3.63) is 46.8 Å². The summed E-state index contributed by atoms with van der Waals surface area (Å²) < 4.78 is 6.55. The van der Waals surface area contributed by atoms with Crippen molar-refractivity contribution in [2.45, 2.75) is 40.5 Å². The summed E-state index contributed by atoms with van der Waals surface area (Å²) in [5.74, 6) is 0.113. The number of carbonyl (C=O) groups is 2. The quantitative estimate of drug-likeness (QED) is 0.773. The Bertz CT molecular complexity index is 776. The minimum Gasteiger partial charge on any atom is -0.469 e. The van der Waals surface area contributed by atoms with Crippen molar-refractivity contribution in [1.82, 2.24) is 15.1 Å². The summed E-state index contributed by atoms with van der Waals surface area (Å²) in [5.41, 5.74) is 4.44. The predicted octanol–water partition coefficient (Wildman–Crippen LogP) is 2.98. The molecule has 0 aliphatic heterocycles. The van der Waals surface area contributed by atoms with E-state index in [0.717, 1.165) is 22.6 Å². The maximum absolute atomic E-state index is 12.1. The summed E-state index contributed by atoms with van der Waals surface area (Å²) in [6.45, 7) is 8.69. The van der Waals surface area contributed by atoms with Crippen LogP contribution in [0.2, 0.25) is 0 Å². The minimum atomic E-state index is -0.228. The van der Waals surface area contributed by atoms with E-state index in [2.05, 4.69) is 24.3 Å². The third kappa shape index (κ3) is 4.71. The fraction of sp³-hybridized carbons (Fsp3) is 0.450. The number of methoxy groups -OCH3 is 1. The Morgan fingerprint density at radius 2 is 1.85 bits per heavy atom. The van der Waals surface area contributed by atoms with E-state index in [1.54, 1.807) is 12.1 Å². The number of hydrogen-bond donors (Lipinski definition) is 1. The van der Waals surface area contributed by atoms with Gasteiger partial charge in [-0.25, -0.2) is 4.68 Å². The molecule has 0 radical (unpaired) electrons. The molecule has 0 aliphatic carbocycles. The third-order valence-electron chi connectivity index (χ3n) is 4.29. The van der Waals surface area contributed by atoms with E-state index in [0.29, 0.717) is 30.9 Å². The molecule has 0 saturated carbocycles. The largest absolute Gasteiger partial charge is 0.469 e. The highest BCUT2D eigenvalue weighted by Crippen LogP contribution is 2.20. The van der Waals surface area contributed by atoms with E-state index in [1.165, 1.54) is 7.11 Å². The van der Waals surface area contributed by atoms with Gasteiger partial charge in [0.1, 0.15) is 0 Å². The number of nitrogens with one attached hydrogen (secondary N) is 1. The lowest BCUT2D eigenvalue weighted by atomic mass is 10.1. The van der Waals surface area contributed by atoms with Gasteiger partial charge in [-0.1, -0.05) is 13.8 Å². The Labute approximate surface area is 154 Å². The van der Waals surface area contributed by atoms with Crippen LogP contribution in [-0.4, -0.2) is 35.3 Å². The van der Waals surface area contributed by atoms with Gasteiger partial charge in [-0.3, -0.25) is 9.59 Å². The number of aromatic nitrogens is 2. The van der Waals surface area contributed by atoms with Crippen LogP contribution in [0.3, 0.4) is 0 Å². The molecule has 0 unspecified atom stereocenters. The average Bonchev–Trinajstić information content (AvgIpc) is 2.91. The standard InChI is InChI=1S/C20H27N3O3/c1-13(2)12-21-20(25)16-6-8-17(9-7-16)23-15(4)18(14(3)22-23)10-11-19(24)26-5/h6-9,13H,10-12H2,1-5H3,(H,21,25). The van der Waals surface area contributed by atoms with Gasteiger partial charge in [0.25, 0.3) is 5.91 Å². The van der Waals surface area contributed by atoms with Gasteiger partial charge in [0.05, 0.1) is 18.5 Å². The Kier molecular flexibility index (Phi) is 6.55. The van der Waals surface area contributed by atoms with Crippen LogP contribution < -0.4 is 5.32 Å². The first kappa shape index (κ1) is 19.7. The summed E-state index contributed by atoms with van der Waals surface area (Å²) in [6, 6.07) is 7.37. The highest BCUT2D eigenvalue weighted by molar-refractivity contribution is 5.94. The zero-order chi connectivity index (χ0) is 19.3. The third-order valence-corrected chi connectivity index (χ3v) is 4.29. The van der Waals surface area contributed by atoms with Crippen LogP contribution in [0.25, 0.3) is 5.69 Å². The number of hydrogen-bond acceptors (Lipinski definition) is 4. The van der Waals surface area contributed by atoms with E-state index in [9.17, 15) is 9.59 Å². The molecule has 1 aromatic carbocycles. The molecule has 1 aromatic heterocycles. The minimum absolute atomic E-state index is 0.0719. The lowest BCUT2D eigenvalue weighted by Gasteiger charge is -2.09. The van der Waals surface area contributed by atoms with E-state index in [1.807, 2.05) is 30.7 Å². The first-order valence-electron chi connectivity index (χ1n) is 8.84. The molecule has 2 aromatic rings. The lowest BCUT2D eigenvalue weighted by molar-refractivity contribution is -0.140. The topological polar surface area (TPSA) is 73.2 Å². The average molecular weight is 357 g/mol. The van der Waals surface area contributed by atoms with Gasteiger partial charge in [0, 0.05) is 24.2 Å². The second kappa shape index (κ2) is 8.65. The molecule has 0 bridgehead atoms. The van der Waals surface area contributed by atoms with Gasteiger partial charge in [0.15, 0.2) is 0 Å². The van der Waals surface area contributed by atoms with Crippen LogP contribution in [0.4, 0.5) is 0 Å². The molecule has 140 valence electrons. The first-order valence-corrected chi connectivity index (χ1v) is 8.84. The second-order valence-corrected chi connectivity index (χ2v) is 6.79. The number of amides is 1. The van der Waals surface area contributed by atoms with Crippen LogP contribution in [0.15, 0.2) is 24.3 Å². The fourth-order valence-electron chi connectivity index (χ4n) is 2.77. The van der Waals surface area contributed by atoms with E-state index in [4.69, 9.17) is 4.74 Å². The number of nitrogens with zero attached hydrogens (tertiary/aromatic N) is 2. The maximum atomic E-state index is 12.1. The van der Waals surface area contributed by atoms with Crippen LogP contribution in [0.5, 0.6) is 0 Å². The SMILES string of the molecule is COC(=O)CCc1c(C)nn(-c2ccc(C(=O)NCC(C)C)cc2)c1C. The van der Waals surface area contributed by atoms with E-state index >= 15 is 0 Å². The van der Waals surface area contributed by atoms with Crippen molar-refractivity contribution in [3.8, 4) is 5.69 Å². The van der Waals surface area contributed by atoms with Crippen molar-refractivity contribution < 1.29 is 14.3 Å². The Morgan fingerprint density at radius 1 is 1.19 bits per heavy atom. The van der Waals surface area contributed by atoms with Crippen LogP contribution in [0, 0.1) is 19.8 Å². The van der Waals surface area contributed by atoms with Crippen LogP contribution in [-0.2, 0) is 16.0 Å². The van der Waals surface area contributed by atoms with Crippen molar-refractivity contribution in [3.63, 3.8) is 0 Å². The summed E-state index contributed by atoms with van der Waals surface area (Å²) in [5, 5.41) is 7.49. The molecule has 0 fully saturated rings. The predicted molar refractivity (Wildman–Crippen MR) is 101 cm³/mol. The zero-order valence-corrected chi connectivity index (χ0v) is 16.1. The molecule has 0 atom stereocenters. The van der Waals surface area contributed by atoms with Crippen molar-refractivity contribution in [1.29, 1.82) is 0 Å². The molecular weight excluding hydrogens is 330 g/mol. The number of esters is 1. The van der Waals surface area contributed by atoms with Gasteiger partial charge in [0.2, 0.25) is 0 Å². The number of aryl methyl sites for hydroxylation is 1. The molecule has 1 amide bonds. The normalized spacial score (nSPS) is 10.8. The summed E-state index contributed by atoms with van der Waals surface area (Å²) >= 11 is 0. The molecule has 1 heterocycles. The second-order valence-electron chi connectivity index (χ2n) is 6.79. The van der Waals surface area contributed by atoms with Crippen LogP contribution in [0.1, 0.15) is 47.6 Å². The summed E-state index contributed by atoms with van der Waals surface area (Å²) in [4.78, 5) is 23.5. The van der Waals surface area contributed by atoms with Gasteiger partial charge >= 0.3 is 5.97 Å². The first-order chi connectivity index (χ1) is 12.3. The van der Waals surface area contributed by atoms with Crippen molar-refractivity contribution in [2.75, 3.05) is 13.7 Å². The number of carbonyl (C=O) groups excluding carboxylic acids is 2. The smallest absolute Gasteiger partial charge is 0.305 e. The molecule has 0 saturated heterocycles. The highest BCUT2D eigenvalue weighted by atomic mass is 16.5. The molecular formula is C20H27N3O3. The lowest BCUT2D eigenvalue weighted by Crippen LogP contribution is -2.27. The molecule has 0 aliphatic rings. The highest BCUT2D eigenvalue weighted by Gasteiger charge is 2.15. The number of rotatable bonds is 7. The van der Waals surface area contributed by atoms with E-state index < -0.39 is 0 Å². The monoisotopic (exact) mass is 357 g/mol. The molecule has 6 nitrogen and oxygen atoms in total. The summed E-state index contributed by atoms with van der Waals surface area (Å²) in [7, 11) is 1.39. The zero-order valence-electron chi connectivity index (χ0n) is 16.1. The van der Waals surface area contributed by atoms with Gasteiger partial charge < -0.3 is 10.1 Å². The summed E-state index contributed by atoms with van der Waals surface area (Å²) in [6.07, 6.45) is 0.929. The molecule has 0 spiro atoms. The Morgan fingerprint density at radius 3 is 2.42 bits per heavy atom. The molecule has 1 N–H and O–H groups in total.